The molecule has 0 amide bonds. The molecule has 0 spiro atoms. The lowest BCUT2D eigenvalue weighted by atomic mass is 10.1. The van der Waals surface area contributed by atoms with Crippen LogP contribution in [-0.2, 0) is 13.0 Å². The van der Waals surface area contributed by atoms with E-state index in [0.717, 1.165) is 11.8 Å². The molecule has 2 heterocycles. The third-order valence-corrected chi connectivity index (χ3v) is 3.38. The van der Waals surface area contributed by atoms with E-state index in [1.807, 2.05) is 6.07 Å². The molecule has 0 radical (unpaired) electrons. The summed E-state index contributed by atoms with van der Waals surface area (Å²) in [6.07, 6.45) is 2.70. The van der Waals surface area contributed by atoms with Crippen LogP contribution in [-0.4, -0.2) is 20.2 Å². The molecule has 0 aliphatic rings. The van der Waals surface area contributed by atoms with Crippen LogP contribution in [0, 0.1) is 0 Å². The minimum absolute atomic E-state index is 0.345. The van der Waals surface area contributed by atoms with Crippen LogP contribution < -0.4 is 16.6 Å². The zero-order valence-electron chi connectivity index (χ0n) is 11.7. The highest BCUT2D eigenvalue weighted by atomic mass is 15.3. The standard InChI is InChI=1S/C14H17N7/c1-2-9-5-3-4-6-10(9)7-16-12-11-8-17-21-13(11)19-14(18-12)20-15/h3-6,8H,2,7,15H2,1H3,(H3,16,17,18,19,20,21). The molecule has 2 aromatic heterocycles. The Labute approximate surface area is 122 Å². The van der Waals surface area contributed by atoms with Crippen molar-refractivity contribution in [2.24, 2.45) is 5.84 Å². The highest BCUT2D eigenvalue weighted by Crippen LogP contribution is 2.21. The van der Waals surface area contributed by atoms with Gasteiger partial charge >= 0.3 is 0 Å². The smallest absolute Gasteiger partial charge is 0.241 e. The van der Waals surface area contributed by atoms with Crippen molar-refractivity contribution in [2.75, 3.05) is 10.7 Å². The monoisotopic (exact) mass is 283 g/mol. The van der Waals surface area contributed by atoms with Gasteiger partial charge in [0.2, 0.25) is 5.95 Å². The van der Waals surface area contributed by atoms with Crippen LogP contribution in [0.2, 0.25) is 0 Å². The van der Waals surface area contributed by atoms with E-state index < -0.39 is 0 Å². The van der Waals surface area contributed by atoms with E-state index >= 15 is 0 Å². The van der Waals surface area contributed by atoms with Crippen LogP contribution in [0.15, 0.2) is 30.5 Å². The average molecular weight is 283 g/mol. The second-order valence-electron chi connectivity index (χ2n) is 4.65. The van der Waals surface area contributed by atoms with Gasteiger partial charge in [0.25, 0.3) is 0 Å². The summed E-state index contributed by atoms with van der Waals surface area (Å²) in [6, 6.07) is 8.34. The number of nitrogens with zero attached hydrogens (tertiary/aromatic N) is 3. The zero-order valence-corrected chi connectivity index (χ0v) is 11.7. The number of hydrogen-bond donors (Lipinski definition) is 4. The maximum Gasteiger partial charge on any atom is 0.241 e. The Bertz CT molecular complexity index is 750. The first-order valence-corrected chi connectivity index (χ1v) is 6.80. The Kier molecular flexibility index (Phi) is 3.65. The number of hydrazine groups is 1. The van der Waals surface area contributed by atoms with Gasteiger partial charge in [-0.05, 0) is 17.5 Å². The van der Waals surface area contributed by atoms with Gasteiger partial charge in [-0.1, -0.05) is 31.2 Å². The third-order valence-electron chi connectivity index (χ3n) is 3.38. The first kappa shape index (κ1) is 13.3. The predicted molar refractivity (Wildman–Crippen MR) is 82.6 cm³/mol. The molecule has 1 aromatic carbocycles. The first-order valence-electron chi connectivity index (χ1n) is 6.80. The molecular weight excluding hydrogens is 266 g/mol. The number of nitrogens with one attached hydrogen (secondary N) is 3. The topological polar surface area (TPSA) is 105 Å². The van der Waals surface area contributed by atoms with Crippen LogP contribution in [0.3, 0.4) is 0 Å². The van der Waals surface area contributed by atoms with Crippen molar-refractivity contribution < 1.29 is 0 Å². The van der Waals surface area contributed by atoms with Crippen LogP contribution in [0.1, 0.15) is 18.1 Å². The minimum atomic E-state index is 0.345. The summed E-state index contributed by atoms with van der Waals surface area (Å²) >= 11 is 0. The number of nitrogen functional groups attached to an aromatic ring is 1. The quantitative estimate of drug-likeness (QED) is 0.420. The summed E-state index contributed by atoms with van der Waals surface area (Å²) in [6.45, 7) is 2.83. The van der Waals surface area contributed by atoms with E-state index in [-0.39, 0.29) is 0 Å². The van der Waals surface area contributed by atoms with E-state index in [9.17, 15) is 0 Å². The molecule has 3 aromatic rings. The van der Waals surface area contributed by atoms with Crippen LogP contribution >= 0.6 is 0 Å². The summed E-state index contributed by atoms with van der Waals surface area (Å²) in [5.41, 5.74) is 5.67. The Morgan fingerprint density at radius 3 is 2.76 bits per heavy atom. The van der Waals surface area contributed by atoms with Crippen molar-refractivity contribution in [2.45, 2.75) is 19.9 Å². The van der Waals surface area contributed by atoms with Crippen molar-refractivity contribution in [1.82, 2.24) is 20.2 Å². The number of rotatable bonds is 5. The lowest BCUT2D eigenvalue weighted by Crippen LogP contribution is -2.12. The molecule has 0 fully saturated rings. The van der Waals surface area contributed by atoms with Crippen LogP contribution in [0.25, 0.3) is 11.0 Å². The fraction of sp³-hybridized carbons (Fsp3) is 0.214. The second-order valence-corrected chi connectivity index (χ2v) is 4.65. The minimum Gasteiger partial charge on any atom is -0.365 e. The summed E-state index contributed by atoms with van der Waals surface area (Å²) in [7, 11) is 0. The SMILES string of the molecule is CCc1ccccc1CNc1nc(NN)nc2[nH]ncc12. The van der Waals surface area contributed by atoms with Gasteiger partial charge in [0.15, 0.2) is 5.65 Å². The molecule has 7 nitrogen and oxygen atoms in total. The van der Waals surface area contributed by atoms with Gasteiger partial charge in [0, 0.05) is 6.54 Å². The number of hydrogen-bond acceptors (Lipinski definition) is 6. The zero-order chi connectivity index (χ0) is 14.7. The molecule has 3 rings (SSSR count). The molecule has 0 saturated heterocycles. The van der Waals surface area contributed by atoms with Crippen molar-refractivity contribution in [3.05, 3.63) is 41.6 Å². The number of aryl methyl sites for hydroxylation is 1. The summed E-state index contributed by atoms with van der Waals surface area (Å²) in [4.78, 5) is 8.54. The molecule has 5 N–H and O–H groups in total. The fourth-order valence-corrected chi connectivity index (χ4v) is 2.29. The molecule has 0 atom stereocenters. The molecule has 0 aliphatic heterocycles. The second kappa shape index (κ2) is 5.76. The molecule has 0 saturated carbocycles. The van der Waals surface area contributed by atoms with Crippen molar-refractivity contribution >= 4 is 22.8 Å². The van der Waals surface area contributed by atoms with Crippen LogP contribution in [0.4, 0.5) is 11.8 Å². The van der Waals surface area contributed by atoms with Gasteiger partial charge in [0.05, 0.1) is 11.6 Å². The Morgan fingerprint density at radius 2 is 2.00 bits per heavy atom. The maximum absolute atomic E-state index is 5.39. The van der Waals surface area contributed by atoms with E-state index in [1.165, 1.54) is 11.1 Å². The van der Waals surface area contributed by atoms with E-state index in [2.05, 4.69) is 56.0 Å². The molecule has 0 unspecified atom stereocenters. The summed E-state index contributed by atoms with van der Waals surface area (Å²) in [5.74, 6) is 6.44. The van der Waals surface area contributed by atoms with Gasteiger partial charge in [-0.15, -0.1) is 0 Å². The van der Waals surface area contributed by atoms with Crippen molar-refractivity contribution in [1.29, 1.82) is 0 Å². The van der Waals surface area contributed by atoms with E-state index in [1.54, 1.807) is 6.20 Å². The lowest BCUT2D eigenvalue weighted by molar-refractivity contribution is 1.03. The predicted octanol–water partition coefficient (Wildman–Crippen LogP) is 1.81. The maximum atomic E-state index is 5.39. The number of benzene rings is 1. The van der Waals surface area contributed by atoms with Crippen LogP contribution in [0.5, 0.6) is 0 Å². The lowest BCUT2D eigenvalue weighted by Gasteiger charge is -2.11. The largest absolute Gasteiger partial charge is 0.365 e. The molecule has 0 aliphatic carbocycles. The number of nitrogens with two attached hydrogens (primary N) is 1. The molecule has 108 valence electrons. The van der Waals surface area contributed by atoms with Gasteiger partial charge < -0.3 is 5.32 Å². The fourth-order valence-electron chi connectivity index (χ4n) is 2.29. The Morgan fingerprint density at radius 1 is 1.19 bits per heavy atom. The average Bonchev–Trinajstić information content (AvgIpc) is 3.01. The number of H-pyrrole nitrogens is 1. The molecule has 7 heteroatoms. The highest BCUT2D eigenvalue weighted by molar-refractivity contribution is 5.86. The number of aromatic amines is 1. The third kappa shape index (κ3) is 2.63. The van der Waals surface area contributed by atoms with Gasteiger partial charge in [-0.3, -0.25) is 10.5 Å². The first-order chi connectivity index (χ1) is 10.3. The van der Waals surface area contributed by atoms with Crippen molar-refractivity contribution in [3.63, 3.8) is 0 Å². The van der Waals surface area contributed by atoms with Gasteiger partial charge in [-0.25, -0.2) is 5.84 Å². The number of aromatic nitrogens is 4. The Hall–Kier alpha value is -2.67. The molecule has 21 heavy (non-hydrogen) atoms. The van der Waals surface area contributed by atoms with E-state index in [4.69, 9.17) is 5.84 Å². The molecular formula is C14H17N7. The summed E-state index contributed by atoms with van der Waals surface area (Å²) in [5, 5.41) is 11.0. The van der Waals surface area contributed by atoms with Crippen molar-refractivity contribution in [3.8, 4) is 0 Å². The van der Waals surface area contributed by atoms with Gasteiger partial charge in [0.1, 0.15) is 5.82 Å². The Balaban J connectivity index is 1.89. The highest BCUT2D eigenvalue weighted by Gasteiger charge is 2.09. The number of fused-ring (bicyclic) bond motifs is 1. The summed E-state index contributed by atoms with van der Waals surface area (Å²) < 4.78 is 0. The van der Waals surface area contributed by atoms with Gasteiger partial charge in [-0.2, -0.15) is 15.1 Å². The molecule has 0 bridgehead atoms. The normalized spacial score (nSPS) is 10.8. The van der Waals surface area contributed by atoms with E-state index in [0.29, 0.717) is 24.0 Å². The number of anilines is 2.